The molecule has 0 bridgehead atoms. The predicted octanol–water partition coefficient (Wildman–Crippen LogP) is 2.07. The number of ether oxygens (including phenoxy) is 1. The van der Waals surface area contributed by atoms with E-state index in [1.165, 1.54) is 11.3 Å². The van der Waals surface area contributed by atoms with Gasteiger partial charge in [-0.2, -0.15) is 11.3 Å². The fourth-order valence-electron chi connectivity index (χ4n) is 3.01. The fraction of sp³-hybridized carbons (Fsp3) is 0.389. The molecule has 0 atom stereocenters. The van der Waals surface area contributed by atoms with Gasteiger partial charge in [-0.15, -0.1) is 10.2 Å². The predicted molar refractivity (Wildman–Crippen MR) is 113 cm³/mol. The van der Waals surface area contributed by atoms with E-state index in [9.17, 15) is 9.59 Å². The molecular weight excluding hydrogens is 412 g/mol. The number of nitrogens with zero attached hydrogens (tertiary/aromatic N) is 4. The number of amides is 1. The van der Waals surface area contributed by atoms with Gasteiger partial charge in [0.2, 0.25) is 17.0 Å². The standard InChI is InChI=1S/C18H20N6O3S2/c1-11-13(15(26)21-17(19-11)24-5-7-27-8-6-24)2-3-14(25)20-18-23-22-16(29-18)12-4-9-28-10-12/h4,9-10H,2-3,5-8H2,1H3,(H,19,21,26)(H,20,23,25). The highest BCUT2D eigenvalue weighted by Gasteiger charge is 2.17. The highest BCUT2D eigenvalue weighted by molar-refractivity contribution is 7.19. The molecule has 29 heavy (non-hydrogen) atoms. The van der Waals surface area contributed by atoms with Crippen molar-refractivity contribution in [1.82, 2.24) is 20.2 Å². The van der Waals surface area contributed by atoms with Crippen molar-refractivity contribution in [1.29, 1.82) is 0 Å². The molecule has 1 saturated heterocycles. The summed E-state index contributed by atoms with van der Waals surface area (Å²) in [6.45, 7) is 4.41. The van der Waals surface area contributed by atoms with E-state index in [0.717, 1.165) is 10.6 Å². The van der Waals surface area contributed by atoms with Crippen molar-refractivity contribution in [3.63, 3.8) is 0 Å². The molecule has 4 rings (SSSR count). The van der Waals surface area contributed by atoms with Gasteiger partial charge in [0.1, 0.15) is 5.01 Å². The Morgan fingerprint density at radius 2 is 2.17 bits per heavy atom. The first kappa shape index (κ1) is 19.7. The number of carbonyl (C=O) groups is 1. The summed E-state index contributed by atoms with van der Waals surface area (Å²) >= 11 is 2.90. The minimum absolute atomic E-state index is 0.163. The number of H-pyrrole nitrogens is 1. The molecule has 0 saturated carbocycles. The molecule has 2 N–H and O–H groups in total. The van der Waals surface area contributed by atoms with E-state index < -0.39 is 0 Å². The van der Waals surface area contributed by atoms with Gasteiger partial charge in [0, 0.05) is 41.7 Å². The van der Waals surface area contributed by atoms with Crippen molar-refractivity contribution in [2.75, 3.05) is 36.5 Å². The summed E-state index contributed by atoms with van der Waals surface area (Å²) in [7, 11) is 0. The number of rotatable bonds is 6. The van der Waals surface area contributed by atoms with Crippen LogP contribution in [0.3, 0.4) is 0 Å². The Morgan fingerprint density at radius 3 is 2.90 bits per heavy atom. The molecule has 1 aliphatic rings. The van der Waals surface area contributed by atoms with Gasteiger partial charge in [0.25, 0.3) is 5.56 Å². The Morgan fingerprint density at radius 1 is 1.34 bits per heavy atom. The summed E-state index contributed by atoms with van der Waals surface area (Å²) in [6, 6.07) is 1.96. The number of aromatic nitrogens is 4. The molecule has 1 aliphatic heterocycles. The van der Waals surface area contributed by atoms with Crippen LogP contribution in [0, 0.1) is 6.92 Å². The van der Waals surface area contributed by atoms with E-state index in [2.05, 4.69) is 25.5 Å². The van der Waals surface area contributed by atoms with Gasteiger partial charge < -0.3 is 15.0 Å². The molecule has 1 fully saturated rings. The van der Waals surface area contributed by atoms with Crippen LogP contribution in [0.2, 0.25) is 0 Å². The lowest BCUT2D eigenvalue weighted by atomic mass is 10.1. The second kappa shape index (κ2) is 8.80. The minimum Gasteiger partial charge on any atom is -0.378 e. The van der Waals surface area contributed by atoms with Crippen molar-refractivity contribution in [2.24, 2.45) is 0 Å². The van der Waals surface area contributed by atoms with Crippen LogP contribution in [0.4, 0.5) is 11.1 Å². The number of aromatic amines is 1. The summed E-state index contributed by atoms with van der Waals surface area (Å²) in [4.78, 5) is 34.1. The van der Waals surface area contributed by atoms with E-state index in [-0.39, 0.29) is 17.9 Å². The monoisotopic (exact) mass is 432 g/mol. The van der Waals surface area contributed by atoms with E-state index in [1.54, 1.807) is 18.3 Å². The van der Waals surface area contributed by atoms with Gasteiger partial charge in [-0.25, -0.2) is 4.98 Å². The third-order valence-electron chi connectivity index (χ3n) is 4.56. The number of morpholine rings is 1. The lowest BCUT2D eigenvalue weighted by Crippen LogP contribution is -2.38. The van der Waals surface area contributed by atoms with E-state index >= 15 is 0 Å². The molecule has 0 aromatic carbocycles. The second-order valence-corrected chi connectivity index (χ2v) is 8.28. The number of anilines is 2. The average molecular weight is 433 g/mol. The van der Waals surface area contributed by atoms with Gasteiger partial charge in [0.15, 0.2) is 0 Å². The zero-order valence-corrected chi connectivity index (χ0v) is 17.4. The van der Waals surface area contributed by atoms with Gasteiger partial charge >= 0.3 is 0 Å². The van der Waals surface area contributed by atoms with Crippen LogP contribution in [0.5, 0.6) is 0 Å². The van der Waals surface area contributed by atoms with Crippen molar-refractivity contribution in [2.45, 2.75) is 19.8 Å². The second-order valence-electron chi connectivity index (χ2n) is 6.53. The molecule has 9 nitrogen and oxygen atoms in total. The molecule has 0 radical (unpaired) electrons. The zero-order chi connectivity index (χ0) is 20.2. The number of hydrogen-bond donors (Lipinski definition) is 2. The molecule has 3 aromatic heterocycles. The lowest BCUT2D eigenvalue weighted by Gasteiger charge is -2.27. The molecule has 0 spiro atoms. The summed E-state index contributed by atoms with van der Waals surface area (Å²) in [5, 5.41) is 16.0. The Labute approximate surface area is 174 Å². The normalized spacial score (nSPS) is 14.2. The van der Waals surface area contributed by atoms with Crippen LogP contribution in [0.1, 0.15) is 17.7 Å². The van der Waals surface area contributed by atoms with Crippen LogP contribution < -0.4 is 15.8 Å². The first-order valence-corrected chi connectivity index (χ1v) is 10.9. The van der Waals surface area contributed by atoms with Crippen LogP contribution in [-0.4, -0.2) is 52.4 Å². The highest BCUT2D eigenvalue weighted by Crippen LogP contribution is 2.27. The third-order valence-corrected chi connectivity index (χ3v) is 6.13. The first-order chi connectivity index (χ1) is 14.1. The maximum Gasteiger partial charge on any atom is 0.255 e. The van der Waals surface area contributed by atoms with Crippen LogP contribution >= 0.6 is 22.7 Å². The smallest absolute Gasteiger partial charge is 0.255 e. The van der Waals surface area contributed by atoms with Crippen LogP contribution in [0.15, 0.2) is 21.6 Å². The Bertz CT molecular complexity index is 1040. The van der Waals surface area contributed by atoms with Crippen molar-refractivity contribution >= 4 is 39.7 Å². The molecule has 1 amide bonds. The van der Waals surface area contributed by atoms with Crippen molar-refractivity contribution in [3.8, 4) is 10.6 Å². The highest BCUT2D eigenvalue weighted by atomic mass is 32.1. The van der Waals surface area contributed by atoms with Crippen molar-refractivity contribution in [3.05, 3.63) is 38.4 Å². The van der Waals surface area contributed by atoms with Gasteiger partial charge in [-0.05, 0) is 24.8 Å². The molecule has 4 heterocycles. The molecule has 3 aromatic rings. The molecular formula is C18H20N6O3S2. The van der Waals surface area contributed by atoms with E-state index in [4.69, 9.17) is 4.74 Å². The molecule has 11 heteroatoms. The zero-order valence-electron chi connectivity index (χ0n) is 15.8. The largest absolute Gasteiger partial charge is 0.378 e. The van der Waals surface area contributed by atoms with Gasteiger partial charge in [-0.1, -0.05) is 11.3 Å². The fourth-order valence-corrected chi connectivity index (χ4v) is 4.48. The molecule has 0 aliphatic carbocycles. The van der Waals surface area contributed by atoms with Gasteiger partial charge in [0.05, 0.1) is 13.2 Å². The number of aryl methyl sites for hydroxylation is 1. The number of hydrogen-bond acceptors (Lipinski definition) is 9. The SMILES string of the molecule is Cc1nc(N2CCOCC2)[nH]c(=O)c1CCC(=O)Nc1nnc(-c2ccsc2)s1. The van der Waals surface area contributed by atoms with Crippen molar-refractivity contribution < 1.29 is 9.53 Å². The number of carbonyl (C=O) groups excluding carboxylic acids is 1. The maximum absolute atomic E-state index is 12.5. The molecule has 152 valence electrons. The average Bonchev–Trinajstić information content (AvgIpc) is 3.39. The maximum atomic E-state index is 12.5. The summed E-state index contributed by atoms with van der Waals surface area (Å²) in [5.41, 5.74) is 1.94. The lowest BCUT2D eigenvalue weighted by molar-refractivity contribution is -0.116. The number of thiophene rings is 1. The van der Waals surface area contributed by atoms with Gasteiger partial charge in [-0.3, -0.25) is 14.6 Å². The quantitative estimate of drug-likeness (QED) is 0.613. The Kier molecular flexibility index (Phi) is 5.97. The van der Waals surface area contributed by atoms with E-state index in [1.807, 2.05) is 21.7 Å². The first-order valence-electron chi connectivity index (χ1n) is 9.18. The molecule has 0 unspecified atom stereocenters. The minimum atomic E-state index is -0.214. The summed E-state index contributed by atoms with van der Waals surface area (Å²) in [5.74, 6) is 0.341. The van der Waals surface area contributed by atoms with Crippen LogP contribution in [0.25, 0.3) is 10.6 Å². The van der Waals surface area contributed by atoms with Crippen LogP contribution in [-0.2, 0) is 16.0 Å². The number of nitrogens with one attached hydrogen (secondary N) is 2. The van der Waals surface area contributed by atoms with E-state index in [0.29, 0.717) is 55.1 Å². The third kappa shape index (κ3) is 4.69. The topological polar surface area (TPSA) is 113 Å². The Balaban J connectivity index is 1.37. The Hall–Kier alpha value is -2.63. The summed E-state index contributed by atoms with van der Waals surface area (Å²) in [6.07, 6.45) is 0.468. The summed E-state index contributed by atoms with van der Waals surface area (Å²) < 4.78 is 5.33.